The van der Waals surface area contributed by atoms with Gasteiger partial charge in [0.1, 0.15) is 5.82 Å². The number of hydrogen-bond donors (Lipinski definition) is 1. The summed E-state index contributed by atoms with van der Waals surface area (Å²) in [7, 11) is 0. The molecule has 2 aliphatic rings. The number of nitrogens with zero attached hydrogens (tertiary/aromatic N) is 3. The van der Waals surface area contributed by atoms with Gasteiger partial charge in [0, 0.05) is 38.1 Å². The lowest BCUT2D eigenvalue weighted by Gasteiger charge is -2.35. The number of benzene rings is 1. The first-order chi connectivity index (χ1) is 13.7. The van der Waals surface area contributed by atoms with E-state index in [0.29, 0.717) is 19.5 Å². The van der Waals surface area contributed by atoms with Gasteiger partial charge in [-0.3, -0.25) is 9.59 Å². The molecule has 1 saturated heterocycles. The van der Waals surface area contributed by atoms with Gasteiger partial charge in [0.05, 0.1) is 11.8 Å². The Bertz CT molecular complexity index is 847. The van der Waals surface area contributed by atoms with Crippen LogP contribution in [0.4, 0.5) is 11.5 Å². The predicted octanol–water partition coefficient (Wildman–Crippen LogP) is 2.57. The molecule has 1 N–H and O–H groups in total. The van der Waals surface area contributed by atoms with E-state index in [1.54, 1.807) is 6.20 Å². The number of aryl methyl sites for hydroxylation is 1. The Morgan fingerprint density at radius 2 is 1.79 bits per heavy atom. The summed E-state index contributed by atoms with van der Waals surface area (Å²) < 4.78 is 0. The van der Waals surface area contributed by atoms with E-state index < -0.39 is 0 Å². The number of nitrogens with one attached hydrogen (secondary N) is 1. The number of piperazine rings is 1. The first-order valence-electron chi connectivity index (χ1n) is 10.0. The minimum Gasteiger partial charge on any atom is -0.353 e. The molecular formula is C22H26N4O2. The highest BCUT2D eigenvalue weighted by molar-refractivity contribution is 6.00. The Labute approximate surface area is 165 Å². The molecule has 0 spiro atoms. The minimum absolute atomic E-state index is 0.0358. The van der Waals surface area contributed by atoms with Gasteiger partial charge in [0.15, 0.2) is 0 Å². The van der Waals surface area contributed by atoms with Crippen LogP contribution in [0.1, 0.15) is 18.9 Å². The molecule has 2 unspecified atom stereocenters. The number of carbonyl (C=O) groups is 2. The van der Waals surface area contributed by atoms with E-state index in [9.17, 15) is 9.59 Å². The molecule has 2 aromatic rings. The lowest BCUT2D eigenvalue weighted by atomic mass is 10.1. The molecule has 1 aliphatic carbocycles. The van der Waals surface area contributed by atoms with Crippen molar-refractivity contribution in [3.63, 3.8) is 0 Å². The zero-order chi connectivity index (χ0) is 19.5. The van der Waals surface area contributed by atoms with E-state index >= 15 is 0 Å². The van der Waals surface area contributed by atoms with Crippen LogP contribution in [0.3, 0.4) is 0 Å². The SMILES string of the molecule is CCc1ccccc1NC(=O)C1CC1C(=O)N1CCN(c2ccccn2)CC1. The number of pyridine rings is 1. The Kier molecular flexibility index (Phi) is 5.28. The summed E-state index contributed by atoms with van der Waals surface area (Å²) in [5.41, 5.74) is 1.97. The minimum atomic E-state index is -0.203. The second-order valence-corrected chi connectivity index (χ2v) is 7.45. The third-order valence-corrected chi connectivity index (χ3v) is 5.67. The largest absolute Gasteiger partial charge is 0.353 e. The zero-order valence-corrected chi connectivity index (χ0v) is 16.2. The summed E-state index contributed by atoms with van der Waals surface area (Å²) >= 11 is 0. The van der Waals surface area contributed by atoms with Crippen LogP contribution >= 0.6 is 0 Å². The standard InChI is InChI=1S/C22H26N4O2/c1-2-16-7-3-4-8-19(16)24-21(27)17-15-18(17)22(28)26-13-11-25(12-14-26)20-9-5-6-10-23-20/h3-10,17-18H,2,11-15H2,1H3,(H,24,27). The molecule has 6 heteroatoms. The maximum atomic E-state index is 12.8. The maximum absolute atomic E-state index is 12.8. The second-order valence-electron chi connectivity index (χ2n) is 7.45. The summed E-state index contributed by atoms with van der Waals surface area (Å²) in [5, 5.41) is 3.01. The van der Waals surface area contributed by atoms with Crippen molar-refractivity contribution in [2.45, 2.75) is 19.8 Å². The number of carbonyl (C=O) groups excluding carboxylic acids is 2. The molecule has 1 aromatic heterocycles. The Morgan fingerprint density at radius 3 is 2.50 bits per heavy atom. The van der Waals surface area contributed by atoms with Crippen molar-refractivity contribution in [1.82, 2.24) is 9.88 Å². The smallest absolute Gasteiger partial charge is 0.228 e. The fraction of sp³-hybridized carbons (Fsp3) is 0.409. The molecule has 1 aliphatic heterocycles. The fourth-order valence-corrected chi connectivity index (χ4v) is 3.86. The Hall–Kier alpha value is -2.89. The summed E-state index contributed by atoms with van der Waals surface area (Å²) in [6, 6.07) is 13.7. The average molecular weight is 378 g/mol. The number of rotatable bonds is 5. The Morgan fingerprint density at radius 1 is 1.04 bits per heavy atom. The first kappa shape index (κ1) is 18.5. The molecule has 0 radical (unpaired) electrons. The lowest BCUT2D eigenvalue weighted by Crippen LogP contribution is -2.49. The van der Waals surface area contributed by atoms with Crippen LogP contribution < -0.4 is 10.2 Å². The molecule has 2 fully saturated rings. The highest BCUT2D eigenvalue weighted by Gasteiger charge is 2.49. The van der Waals surface area contributed by atoms with Gasteiger partial charge in [-0.1, -0.05) is 31.2 Å². The topological polar surface area (TPSA) is 65.5 Å². The van der Waals surface area contributed by atoms with Crippen LogP contribution in [0.25, 0.3) is 0 Å². The second kappa shape index (κ2) is 8.00. The lowest BCUT2D eigenvalue weighted by molar-refractivity contribution is -0.134. The third-order valence-electron chi connectivity index (χ3n) is 5.67. The molecule has 1 saturated carbocycles. The summed E-state index contributed by atoms with van der Waals surface area (Å²) in [4.78, 5) is 33.9. The van der Waals surface area contributed by atoms with Gasteiger partial charge < -0.3 is 15.1 Å². The molecular weight excluding hydrogens is 352 g/mol. The summed E-state index contributed by atoms with van der Waals surface area (Å²) in [5.74, 6) is 0.658. The average Bonchev–Trinajstić information content (AvgIpc) is 3.55. The number of anilines is 2. The summed E-state index contributed by atoms with van der Waals surface area (Å²) in [6.45, 7) is 4.98. The molecule has 6 nitrogen and oxygen atoms in total. The van der Waals surface area contributed by atoms with Gasteiger partial charge in [0.25, 0.3) is 0 Å². The van der Waals surface area contributed by atoms with Crippen LogP contribution in [0.15, 0.2) is 48.7 Å². The van der Waals surface area contributed by atoms with Crippen molar-refractivity contribution < 1.29 is 9.59 Å². The van der Waals surface area contributed by atoms with Crippen LogP contribution in [0.2, 0.25) is 0 Å². The highest BCUT2D eigenvalue weighted by atomic mass is 16.2. The van der Waals surface area contributed by atoms with Crippen LogP contribution in [0.5, 0.6) is 0 Å². The molecule has 2 atom stereocenters. The van der Waals surface area contributed by atoms with Crippen LogP contribution in [0, 0.1) is 11.8 Å². The van der Waals surface area contributed by atoms with Crippen LogP contribution in [-0.2, 0) is 16.0 Å². The quantitative estimate of drug-likeness (QED) is 0.868. The van der Waals surface area contributed by atoms with E-state index in [-0.39, 0.29) is 23.7 Å². The van der Waals surface area contributed by atoms with E-state index in [0.717, 1.165) is 36.6 Å². The number of para-hydroxylation sites is 1. The zero-order valence-electron chi connectivity index (χ0n) is 16.2. The van der Waals surface area contributed by atoms with E-state index in [1.165, 1.54) is 0 Å². The van der Waals surface area contributed by atoms with Gasteiger partial charge in [-0.15, -0.1) is 0 Å². The van der Waals surface area contributed by atoms with Gasteiger partial charge in [-0.2, -0.15) is 0 Å². The van der Waals surface area contributed by atoms with Gasteiger partial charge in [0.2, 0.25) is 11.8 Å². The monoisotopic (exact) mass is 378 g/mol. The first-order valence-corrected chi connectivity index (χ1v) is 10.0. The highest BCUT2D eigenvalue weighted by Crippen LogP contribution is 2.41. The molecule has 2 amide bonds. The van der Waals surface area contributed by atoms with Crippen molar-refractivity contribution in [1.29, 1.82) is 0 Å². The van der Waals surface area contributed by atoms with Gasteiger partial charge >= 0.3 is 0 Å². The third kappa shape index (κ3) is 3.86. The number of amides is 2. The molecule has 0 bridgehead atoms. The normalized spacial score (nSPS) is 21.3. The van der Waals surface area contributed by atoms with E-state index in [2.05, 4.69) is 22.1 Å². The number of aromatic nitrogens is 1. The number of hydrogen-bond acceptors (Lipinski definition) is 4. The molecule has 2 heterocycles. The van der Waals surface area contributed by atoms with E-state index in [4.69, 9.17) is 0 Å². The van der Waals surface area contributed by atoms with Gasteiger partial charge in [-0.25, -0.2) is 4.98 Å². The van der Waals surface area contributed by atoms with E-state index in [1.807, 2.05) is 47.4 Å². The molecule has 28 heavy (non-hydrogen) atoms. The molecule has 1 aromatic carbocycles. The fourth-order valence-electron chi connectivity index (χ4n) is 3.86. The van der Waals surface area contributed by atoms with Crippen molar-refractivity contribution in [3.05, 3.63) is 54.2 Å². The van der Waals surface area contributed by atoms with Crippen molar-refractivity contribution in [3.8, 4) is 0 Å². The van der Waals surface area contributed by atoms with Crippen molar-refractivity contribution in [2.75, 3.05) is 36.4 Å². The Balaban J connectivity index is 1.29. The molecule has 4 rings (SSSR count). The summed E-state index contributed by atoms with van der Waals surface area (Å²) in [6.07, 6.45) is 3.31. The van der Waals surface area contributed by atoms with Crippen molar-refractivity contribution >= 4 is 23.3 Å². The maximum Gasteiger partial charge on any atom is 0.228 e. The molecule has 146 valence electrons. The van der Waals surface area contributed by atoms with Gasteiger partial charge in [-0.05, 0) is 36.6 Å². The van der Waals surface area contributed by atoms with Crippen molar-refractivity contribution in [2.24, 2.45) is 11.8 Å². The predicted molar refractivity (Wildman–Crippen MR) is 109 cm³/mol. The van der Waals surface area contributed by atoms with Crippen LogP contribution in [-0.4, -0.2) is 47.9 Å².